The highest BCUT2D eigenvalue weighted by atomic mass is 16.5. The van der Waals surface area contributed by atoms with E-state index < -0.39 is 0 Å². The molecule has 6 nitrogen and oxygen atoms in total. The minimum atomic E-state index is -0.251. The predicted octanol–water partition coefficient (Wildman–Crippen LogP) is 5.19. The fraction of sp³-hybridized carbons (Fsp3) is 0.323. The van der Waals surface area contributed by atoms with Crippen LogP contribution in [0.1, 0.15) is 46.8 Å². The second kappa shape index (κ2) is 12.3. The average Bonchev–Trinajstić information content (AvgIpc) is 2.92. The second-order valence-electron chi connectivity index (χ2n) is 9.52. The van der Waals surface area contributed by atoms with E-state index in [4.69, 9.17) is 4.74 Å². The third kappa shape index (κ3) is 6.85. The molecule has 1 aliphatic heterocycles. The lowest BCUT2D eigenvalue weighted by atomic mass is 9.97. The minimum Gasteiger partial charge on any atom is -0.466 e. The molecule has 1 aliphatic rings. The number of rotatable bonds is 8. The number of anilines is 1. The number of ether oxygens (including phenoxy) is 1. The van der Waals surface area contributed by atoms with Gasteiger partial charge in [-0.1, -0.05) is 60.2 Å². The Morgan fingerprint density at radius 2 is 1.70 bits per heavy atom. The van der Waals surface area contributed by atoms with E-state index in [0.717, 1.165) is 35.2 Å². The fourth-order valence-corrected chi connectivity index (χ4v) is 4.75. The smallest absolute Gasteiger partial charge is 0.310 e. The van der Waals surface area contributed by atoms with Crippen LogP contribution in [0, 0.1) is 12.8 Å². The van der Waals surface area contributed by atoms with E-state index in [1.54, 1.807) is 16.7 Å². The first-order valence-electron chi connectivity index (χ1n) is 12.9. The molecular weight excluding hydrogens is 464 g/mol. The van der Waals surface area contributed by atoms with Crippen molar-refractivity contribution in [3.8, 4) is 0 Å². The number of esters is 1. The van der Waals surface area contributed by atoms with E-state index >= 15 is 0 Å². The molecule has 0 radical (unpaired) electrons. The van der Waals surface area contributed by atoms with Gasteiger partial charge in [0.05, 0.1) is 25.5 Å². The van der Waals surface area contributed by atoms with Crippen LogP contribution in [0.5, 0.6) is 0 Å². The van der Waals surface area contributed by atoms with Gasteiger partial charge in [-0.15, -0.1) is 0 Å². The zero-order valence-corrected chi connectivity index (χ0v) is 21.6. The zero-order valence-electron chi connectivity index (χ0n) is 21.6. The van der Waals surface area contributed by atoms with Crippen LogP contribution >= 0.6 is 0 Å². The molecule has 192 valence electrons. The third-order valence-corrected chi connectivity index (χ3v) is 6.69. The summed E-state index contributed by atoms with van der Waals surface area (Å²) >= 11 is 0. The van der Waals surface area contributed by atoms with Crippen molar-refractivity contribution >= 4 is 23.5 Å². The molecule has 0 N–H and O–H groups in total. The van der Waals surface area contributed by atoms with E-state index in [-0.39, 0.29) is 30.1 Å². The summed E-state index contributed by atoms with van der Waals surface area (Å²) < 4.78 is 5.15. The fourth-order valence-electron chi connectivity index (χ4n) is 4.75. The summed E-state index contributed by atoms with van der Waals surface area (Å²) in [5, 5.41) is 0. The highest BCUT2D eigenvalue weighted by molar-refractivity contribution is 6.06. The van der Waals surface area contributed by atoms with Crippen molar-refractivity contribution in [3.05, 3.63) is 101 Å². The van der Waals surface area contributed by atoms with Crippen molar-refractivity contribution < 1.29 is 19.1 Å². The predicted molar refractivity (Wildman–Crippen MR) is 144 cm³/mol. The molecule has 0 aromatic heterocycles. The molecule has 0 aliphatic carbocycles. The molecule has 1 saturated heterocycles. The van der Waals surface area contributed by atoms with Crippen molar-refractivity contribution in [2.75, 3.05) is 24.6 Å². The summed E-state index contributed by atoms with van der Waals surface area (Å²) in [5.74, 6) is -0.552. The summed E-state index contributed by atoms with van der Waals surface area (Å²) in [5.41, 5.74) is 4.45. The van der Waals surface area contributed by atoms with Gasteiger partial charge in [-0.2, -0.15) is 0 Å². The van der Waals surface area contributed by atoms with Crippen LogP contribution in [-0.2, 0) is 27.3 Å². The van der Waals surface area contributed by atoms with Gasteiger partial charge < -0.3 is 14.5 Å². The number of hydrogen-bond donors (Lipinski definition) is 0. The molecule has 3 aromatic carbocycles. The number of carbonyl (C=O) groups is 3. The normalized spacial score (nSPS) is 15.2. The largest absolute Gasteiger partial charge is 0.466 e. The van der Waals surface area contributed by atoms with Crippen LogP contribution < -0.4 is 4.90 Å². The molecule has 37 heavy (non-hydrogen) atoms. The lowest BCUT2D eigenvalue weighted by Gasteiger charge is -2.31. The van der Waals surface area contributed by atoms with E-state index in [0.29, 0.717) is 31.8 Å². The third-order valence-electron chi connectivity index (χ3n) is 6.69. The van der Waals surface area contributed by atoms with Gasteiger partial charge in [0.15, 0.2) is 0 Å². The Bertz CT molecular complexity index is 1220. The van der Waals surface area contributed by atoms with E-state index in [2.05, 4.69) is 6.07 Å². The van der Waals surface area contributed by atoms with E-state index in [9.17, 15) is 14.4 Å². The lowest BCUT2D eigenvalue weighted by Crippen LogP contribution is -2.43. The Hall–Kier alpha value is -3.93. The van der Waals surface area contributed by atoms with Crippen molar-refractivity contribution in [2.24, 2.45) is 5.92 Å². The SMILES string of the molecule is CCOC(=O)[C@@H]1CCCN(C(=O)Cc2ccc(N(Cc3cccc(C)c3)C(=O)c3ccccc3)cc2)C1. The molecule has 4 rings (SSSR count). The number of piperidine rings is 1. The van der Waals surface area contributed by atoms with Gasteiger partial charge >= 0.3 is 5.97 Å². The molecule has 0 saturated carbocycles. The Labute approximate surface area is 218 Å². The van der Waals surface area contributed by atoms with Gasteiger partial charge in [-0.25, -0.2) is 0 Å². The van der Waals surface area contributed by atoms with Crippen molar-refractivity contribution in [1.29, 1.82) is 0 Å². The average molecular weight is 499 g/mol. The number of aryl methyl sites for hydroxylation is 1. The maximum absolute atomic E-state index is 13.5. The van der Waals surface area contributed by atoms with Crippen LogP contribution in [0.3, 0.4) is 0 Å². The number of hydrogen-bond acceptors (Lipinski definition) is 4. The molecular formula is C31H34N2O4. The van der Waals surface area contributed by atoms with Gasteiger partial charge in [0.2, 0.25) is 5.91 Å². The summed E-state index contributed by atoms with van der Waals surface area (Å²) in [6.07, 6.45) is 1.80. The minimum absolute atomic E-state index is 0.00118. The summed E-state index contributed by atoms with van der Waals surface area (Å²) in [4.78, 5) is 42.1. The molecule has 2 amide bonds. The Balaban J connectivity index is 1.48. The van der Waals surface area contributed by atoms with Crippen LogP contribution in [0.4, 0.5) is 5.69 Å². The van der Waals surface area contributed by atoms with Crippen LogP contribution in [0.15, 0.2) is 78.9 Å². The summed E-state index contributed by atoms with van der Waals surface area (Å²) in [7, 11) is 0. The zero-order chi connectivity index (χ0) is 26.2. The Morgan fingerprint density at radius 3 is 2.41 bits per heavy atom. The summed E-state index contributed by atoms with van der Waals surface area (Å²) in [6, 6.07) is 25.0. The lowest BCUT2D eigenvalue weighted by molar-refractivity contribution is -0.151. The number of likely N-dealkylation sites (tertiary alicyclic amines) is 1. The van der Waals surface area contributed by atoms with E-state index in [1.807, 2.05) is 79.7 Å². The maximum atomic E-state index is 13.5. The number of nitrogens with zero attached hydrogens (tertiary/aromatic N) is 2. The van der Waals surface area contributed by atoms with Gasteiger partial charge in [-0.05, 0) is 62.1 Å². The molecule has 1 fully saturated rings. The molecule has 6 heteroatoms. The van der Waals surface area contributed by atoms with Crippen molar-refractivity contribution in [3.63, 3.8) is 0 Å². The van der Waals surface area contributed by atoms with E-state index in [1.165, 1.54) is 0 Å². The summed E-state index contributed by atoms with van der Waals surface area (Å²) in [6.45, 7) is 5.69. The second-order valence-corrected chi connectivity index (χ2v) is 9.52. The van der Waals surface area contributed by atoms with Gasteiger partial charge in [-0.3, -0.25) is 14.4 Å². The quantitative estimate of drug-likeness (QED) is 0.401. The van der Waals surface area contributed by atoms with Crippen LogP contribution in [0.2, 0.25) is 0 Å². The molecule has 0 spiro atoms. The molecule has 3 aromatic rings. The Morgan fingerprint density at radius 1 is 0.946 bits per heavy atom. The van der Waals surface area contributed by atoms with Gasteiger partial charge in [0, 0.05) is 24.3 Å². The van der Waals surface area contributed by atoms with Gasteiger partial charge in [0.25, 0.3) is 5.91 Å². The molecule has 0 bridgehead atoms. The first-order chi connectivity index (χ1) is 17.9. The highest BCUT2D eigenvalue weighted by Crippen LogP contribution is 2.23. The molecule has 1 heterocycles. The van der Waals surface area contributed by atoms with Crippen LogP contribution in [0.25, 0.3) is 0 Å². The first kappa shape index (κ1) is 26.1. The van der Waals surface area contributed by atoms with Gasteiger partial charge in [0.1, 0.15) is 0 Å². The number of amides is 2. The number of benzene rings is 3. The van der Waals surface area contributed by atoms with Crippen molar-refractivity contribution in [1.82, 2.24) is 4.90 Å². The standard InChI is InChI=1S/C31H34N2O4/c1-3-37-31(36)27-13-8-18-32(22-27)29(34)20-24-14-16-28(17-15-24)33(21-25-10-7-9-23(2)19-25)30(35)26-11-5-4-6-12-26/h4-7,9-12,14-17,19,27H,3,8,13,18,20-22H2,1-2H3/t27-/m1/s1. The monoisotopic (exact) mass is 498 g/mol. The maximum Gasteiger partial charge on any atom is 0.310 e. The molecule has 0 unspecified atom stereocenters. The molecule has 1 atom stereocenters. The Kier molecular flexibility index (Phi) is 8.72. The number of carbonyl (C=O) groups excluding carboxylic acids is 3. The highest BCUT2D eigenvalue weighted by Gasteiger charge is 2.29. The van der Waals surface area contributed by atoms with Crippen molar-refractivity contribution in [2.45, 2.75) is 39.7 Å². The first-order valence-corrected chi connectivity index (χ1v) is 12.9. The van der Waals surface area contributed by atoms with Crippen LogP contribution in [-0.4, -0.2) is 42.4 Å². The topological polar surface area (TPSA) is 66.9 Å².